The summed E-state index contributed by atoms with van der Waals surface area (Å²) in [6.45, 7) is 1.95. The summed E-state index contributed by atoms with van der Waals surface area (Å²) in [4.78, 5) is 51.8. The summed E-state index contributed by atoms with van der Waals surface area (Å²) >= 11 is 1.27. The summed E-state index contributed by atoms with van der Waals surface area (Å²) in [6.07, 6.45) is 2.66. The van der Waals surface area contributed by atoms with Gasteiger partial charge in [0.25, 0.3) is 5.91 Å². The number of Topliss-reactive ketones (excluding diaryl/α,β-unsaturated/α-hetero) is 1. The molecule has 0 bridgehead atoms. The monoisotopic (exact) mass is 605 g/mol. The van der Waals surface area contributed by atoms with Crippen LogP contribution in [0.25, 0.3) is 0 Å². The molecule has 1 heterocycles. The molecule has 0 spiro atoms. The largest absolute Gasteiger partial charge is 0.480 e. The van der Waals surface area contributed by atoms with Crippen molar-refractivity contribution < 1.29 is 41.8 Å². The minimum absolute atomic E-state index is 0.0212. The molecule has 1 aliphatic rings. The molecular formula is C27H31N3O9S2. The molecule has 0 unspecified atom stereocenters. The zero-order chi connectivity index (χ0) is 30.3. The summed E-state index contributed by atoms with van der Waals surface area (Å²) in [6, 6.07) is 8.99. The van der Waals surface area contributed by atoms with Crippen LogP contribution in [0, 0.1) is 5.41 Å². The van der Waals surface area contributed by atoms with Crippen molar-refractivity contribution in [2.75, 3.05) is 49.7 Å². The first-order chi connectivity index (χ1) is 19.4. The Morgan fingerprint density at radius 1 is 1.02 bits per heavy atom. The van der Waals surface area contributed by atoms with Gasteiger partial charge in [-0.05, 0) is 56.0 Å². The third kappa shape index (κ3) is 7.85. The number of anilines is 1. The van der Waals surface area contributed by atoms with Gasteiger partial charge in [-0.15, -0.1) is 11.8 Å². The summed E-state index contributed by atoms with van der Waals surface area (Å²) in [5.74, 6) is -2.45. The number of nitrogens with one attached hydrogen (secondary N) is 1. The Hall–Kier alpha value is -3.91. The Morgan fingerprint density at radius 2 is 1.68 bits per heavy atom. The van der Waals surface area contributed by atoms with E-state index in [4.69, 9.17) is 19.6 Å². The Labute approximate surface area is 242 Å². The number of esters is 2. The van der Waals surface area contributed by atoms with Gasteiger partial charge in [0.2, 0.25) is 10.0 Å². The molecule has 2 aromatic rings. The number of benzene rings is 2. The molecule has 0 aromatic heterocycles. The first kappa shape index (κ1) is 31.6. The van der Waals surface area contributed by atoms with Crippen LogP contribution >= 0.6 is 11.8 Å². The highest BCUT2D eigenvalue weighted by Crippen LogP contribution is 2.32. The van der Waals surface area contributed by atoms with Gasteiger partial charge >= 0.3 is 11.9 Å². The number of rotatable bonds is 13. The fourth-order valence-electron chi connectivity index (χ4n) is 4.08. The SMILES string of the molecule is CCOC(=O)COc1ccc(C(=O)CN2Cc3cc(C(=N)SC)ccc3C2=O)cc1N(CC(=O)OCC)S(C)(=O)=O. The number of amides is 1. The molecule has 0 saturated carbocycles. The minimum atomic E-state index is -4.08. The first-order valence-electron chi connectivity index (χ1n) is 12.5. The fraction of sp³-hybridized carbons (Fsp3) is 0.370. The molecular weight excluding hydrogens is 574 g/mol. The quantitative estimate of drug-likeness (QED) is 0.155. The van der Waals surface area contributed by atoms with E-state index in [0.717, 1.165) is 10.6 Å². The van der Waals surface area contributed by atoms with Crippen LogP contribution in [0.2, 0.25) is 0 Å². The molecule has 1 amide bonds. The van der Waals surface area contributed by atoms with E-state index < -0.39 is 40.9 Å². The number of ether oxygens (including phenoxy) is 3. The van der Waals surface area contributed by atoms with Crippen LogP contribution in [0.4, 0.5) is 5.69 Å². The number of carbonyl (C=O) groups is 4. The zero-order valence-electron chi connectivity index (χ0n) is 23.1. The van der Waals surface area contributed by atoms with E-state index >= 15 is 0 Å². The maximum Gasteiger partial charge on any atom is 0.344 e. The molecule has 12 nitrogen and oxygen atoms in total. The van der Waals surface area contributed by atoms with Gasteiger partial charge in [0.15, 0.2) is 12.4 Å². The minimum Gasteiger partial charge on any atom is -0.480 e. The van der Waals surface area contributed by atoms with E-state index in [-0.39, 0.29) is 49.2 Å². The molecule has 0 aliphatic carbocycles. The topological polar surface area (TPSA) is 160 Å². The van der Waals surface area contributed by atoms with Crippen LogP contribution < -0.4 is 9.04 Å². The third-order valence-electron chi connectivity index (χ3n) is 5.96. The lowest BCUT2D eigenvalue weighted by Crippen LogP contribution is -2.36. The summed E-state index contributed by atoms with van der Waals surface area (Å²) in [7, 11) is -4.08. The van der Waals surface area contributed by atoms with Gasteiger partial charge in [-0.2, -0.15) is 0 Å². The van der Waals surface area contributed by atoms with Crippen molar-refractivity contribution in [3.05, 3.63) is 58.7 Å². The van der Waals surface area contributed by atoms with Crippen LogP contribution in [0.1, 0.15) is 45.7 Å². The molecule has 41 heavy (non-hydrogen) atoms. The highest BCUT2D eigenvalue weighted by molar-refractivity contribution is 8.13. The Kier molecular flexibility index (Phi) is 10.5. The predicted molar refractivity (Wildman–Crippen MR) is 153 cm³/mol. The summed E-state index contributed by atoms with van der Waals surface area (Å²) < 4.78 is 41.4. The van der Waals surface area contributed by atoms with Gasteiger partial charge in [0.1, 0.15) is 12.3 Å². The van der Waals surface area contributed by atoms with Crippen molar-refractivity contribution in [2.24, 2.45) is 0 Å². The van der Waals surface area contributed by atoms with Gasteiger partial charge in [-0.1, -0.05) is 6.07 Å². The van der Waals surface area contributed by atoms with E-state index in [1.165, 1.54) is 34.9 Å². The number of nitrogens with zero attached hydrogens (tertiary/aromatic N) is 2. The zero-order valence-corrected chi connectivity index (χ0v) is 24.7. The second kappa shape index (κ2) is 13.6. The third-order valence-corrected chi connectivity index (χ3v) is 7.73. The molecule has 0 radical (unpaired) electrons. The average molecular weight is 606 g/mol. The number of hydrogen-bond acceptors (Lipinski definition) is 11. The lowest BCUT2D eigenvalue weighted by Gasteiger charge is -2.24. The maximum absolute atomic E-state index is 13.3. The van der Waals surface area contributed by atoms with Gasteiger partial charge in [-0.3, -0.25) is 24.1 Å². The van der Waals surface area contributed by atoms with Crippen LogP contribution in [-0.4, -0.2) is 87.4 Å². The van der Waals surface area contributed by atoms with Gasteiger partial charge in [0, 0.05) is 23.2 Å². The molecule has 0 saturated heterocycles. The lowest BCUT2D eigenvalue weighted by molar-refractivity contribution is -0.145. The van der Waals surface area contributed by atoms with E-state index in [9.17, 15) is 27.6 Å². The number of carbonyl (C=O) groups excluding carboxylic acids is 4. The first-order valence-corrected chi connectivity index (χ1v) is 15.6. The number of thioether (sulfide) groups is 1. The van der Waals surface area contributed by atoms with Crippen molar-refractivity contribution in [1.29, 1.82) is 5.41 Å². The lowest BCUT2D eigenvalue weighted by atomic mass is 10.1. The van der Waals surface area contributed by atoms with Gasteiger partial charge in [-0.25, -0.2) is 13.2 Å². The maximum atomic E-state index is 13.3. The predicted octanol–water partition coefficient (Wildman–Crippen LogP) is 2.48. The number of sulfonamides is 1. The Morgan fingerprint density at radius 3 is 2.32 bits per heavy atom. The summed E-state index contributed by atoms with van der Waals surface area (Å²) in [5, 5.41) is 8.37. The molecule has 3 rings (SSSR count). The highest BCUT2D eigenvalue weighted by Gasteiger charge is 2.31. The smallest absolute Gasteiger partial charge is 0.344 e. The van der Waals surface area contributed by atoms with Crippen LogP contribution in [0.5, 0.6) is 5.75 Å². The normalized spacial score (nSPS) is 12.5. The molecule has 0 fully saturated rings. The molecule has 1 aliphatic heterocycles. The highest BCUT2D eigenvalue weighted by atomic mass is 32.2. The van der Waals surface area contributed by atoms with Crippen molar-refractivity contribution in [2.45, 2.75) is 20.4 Å². The van der Waals surface area contributed by atoms with Crippen LogP contribution in [-0.2, 0) is 35.6 Å². The number of fused-ring (bicyclic) bond motifs is 1. The molecule has 2 aromatic carbocycles. The molecule has 0 atom stereocenters. The standard InChI is InChI=1S/C27H31N3O9S2/c1-5-37-24(32)15-30(41(4,35)36)21-12-17(8-10-23(21)39-16-25(33)38-6-2)22(31)14-29-13-19-11-18(26(28)40-3)7-9-20(19)27(29)34/h7-12,28H,5-6,13-16H2,1-4H3. The van der Waals surface area contributed by atoms with Gasteiger partial charge in [0.05, 0.1) is 36.7 Å². The van der Waals surface area contributed by atoms with Gasteiger partial charge < -0.3 is 19.1 Å². The van der Waals surface area contributed by atoms with Crippen molar-refractivity contribution in [1.82, 2.24) is 4.90 Å². The molecule has 1 N–H and O–H groups in total. The number of ketones is 1. The van der Waals surface area contributed by atoms with E-state index in [1.807, 2.05) is 0 Å². The Balaban J connectivity index is 1.92. The van der Waals surface area contributed by atoms with E-state index in [1.54, 1.807) is 38.3 Å². The Bertz CT molecular complexity index is 1470. The van der Waals surface area contributed by atoms with Crippen molar-refractivity contribution >= 4 is 56.1 Å². The fourth-order valence-corrected chi connectivity index (χ4v) is 5.29. The van der Waals surface area contributed by atoms with Crippen molar-refractivity contribution in [3.63, 3.8) is 0 Å². The average Bonchev–Trinajstić information content (AvgIpc) is 3.23. The van der Waals surface area contributed by atoms with Crippen LogP contribution in [0.3, 0.4) is 0 Å². The molecule has 14 heteroatoms. The summed E-state index contributed by atoms with van der Waals surface area (Å²) in [5.41, 5.74) is 1.70. The van der Waals surface area contributed by atoms with Crippen molar-refractivity contribution in [3.8, 4) is 5.75 Å². The second-order valence-corrected chi connectivity index (χ2v) is 11.6. The van der Waals surface area contributed by atoms with E-state index in [2.05, 4.69) is 0 Å². The second-order valence-electron chi connectivity index (χ2n) is 8.84. The van der Waals surface area contributed by atoms with Crippen LogP contribution in [0.15, 0.2) is 36.4 Å². The van der Waals surface area contributed by atoms with E-state index in [0.29, 0.717) is 21.7 Å². The molecule has 220 valence electrons. The number of hydrogen-bond donors (Lipinski definition) is 1.